The number of rotatable bonds is 2. The fraction of sp³-hybridized carbons (Fsp3) is 1.00. The Morgan fingerprint density at radius 2 is 1.50 bits per heavy atom. The zero-order valence-corrected chi connectivity index (χ0v) is 11.4. The summed E-state index contributed by atoms with van der Waals surface area (Å²) in [6.45, 7) is 7.38. The molecule has 6 heteroatoms. The number of piperidine rings is 1. The van der Waals surface area contributed by atoms with Gasteiger partial charge in [0.2, 0.25) is 10.0 Å². The molecule has 1 radical (unpaired) electrons. The van der Waals surface area contributed by atoms with Crippen LogP contribution in [0.4, 0.5) is 0 Å². The van der Waals surface area contributed by atoms with Gasteiger partial charge >= 0.3 is 0 Å². The molecule has 16 heavy (non-hydrogen) atoms. The standard InChI is InChI=1S/C10H21N2O3S/c1-9(2)6-8(11-16(5,14)15)7-10(3,4)12(9)13/h8,11H,6-7H2,1-5H3. The number of hydrogen-bond acceptors (Lipinski definition) is 3. The Balaban J connectivity index is 2.87. The fourth-order valence-corrected chi connectivity index (χ4v) is 3.42. The first-order valence-electron chi connectivity index (χ1n) is 5.39. The molecule has 0 aromatic carbocycles. The van der Waals surface area contributed by atoms with E-state index in [0.717, 1.165) is 11.3 Å². The largest absolute Gasteiger partial charge is 0.213 e. The zero-order chi connectivity index (χ0) is 12.8. The Bertz CT molecular complexity index is 344. The van der Waals surface area contributed by atoms with Crippen LogP contribution in [-0.2, 0) is 15.2 Å². The molecule has 95 valence electrons. The Morgan fingerprint density at radius 1 is 1.12 bits per heavy atom. The maximum absolute atomic E-state index is 12.0. The summed E-state index contributed by atoms with van der Waals surface area (Å²) < 4.78 is 25.0. The van der Waals surface area contributed by atoms with Crippen molar-refractivity contribution in [1.82, 2.24) is 9.79 Å². The number of sulfonamides is 1. The Morgan fingerprint density at radius 3 is 1.81 bits per heavy atom. The third kappa shape index (κ3) is 3.16. The van der Waals surface area contributed by atoms with Crippen molar-refractivity contribution in [3.8, 4) is 0 Å². The zero-order valence-electron chi connectivity index (χ0n) is 10.6. The third-order valence-corrected chi connectivity index (χ3v) is 3.73. The predicted molar refractivity (Wildman–Crippen MR) is 61.7 cm³/mol. The van der Waals surface area contributed by atoms with Crippen LogP contribution in [0.3, 0.4) is 0 Å². The number of nitrogens with one attached hydrogen (secondary N) is 1. The molecule has 0 saturated carbocycles. The van der Waals surface area contributed by atoms with E-state index in [1.165, 1.54) is 0 Å². The van der Waals surface area contributed by atoms with Gasteiger partial charge in [0.25, 0.3) is 0 Å². The molecule has 1 aliphatic rings. The molecule has 0 spiro atoms. The van der Waals surface area contributed by atoms with Gasteiger partial charge in [-0.2, -0.15) is 0 Å². The van der Waals surface area contributed by atoms with Crippen molar-refractivity contribution < 1.29 is 13.6 Å². The van der Waals surface area contributed by atoms with Gasteiger partial charge in [-0.15, -0.1) is 10.3 Å². The van der Waals surface area contributed by atoms with Crippen LogP contribution in [0.25, 0.3) is 0 Å². The second-order valence-corrected chi connectivity index (χ2v) is 7.69. The minimum atomic E-state index is -3.21. The van der Waals surface area contributed by atoms with Gasteiger partial charge in [0.15, 0.2) is 0 Å². The van der Waals surface area contributed by atoms with E-state index in [-0.39, 0.29) is 6.04 Å². The van der Waals surface area contributed by atoms with Gasteiger partial charge in [0, 0.05) is 17.1 Å². The molecule has 1 rings (SSSR count). The number of hydroxylamine groups is 2. The Kier molecular flexibility index (Phi) is 3.42. The maximum atomic E-state index is 12.0. The average Bonchev–Trinajstić information content (AvgIpc) is 1.95. The summed E-state index contributed by atoms with van der Waals surface area (Å²) in [5.74, 6) is 0. The van der Waals surface area contributed by atoms with E-state index in [1.54, 1.807) is 0 Å². The Hall–Kier alpha value is -0.170. The molecule has 0 aromatic heterocycles. The van der Waals surface area contributed by atoms with Gasteiger partial charge < -0.3 is 0 Å². The second-order valence-electron chi connectivity index (χ2n) is 5.91. The van der Waals surface area contributed by atoms with Crippen LogP contribution < -0.4 is 4.72 Å². The van der Waals surface area contributed by atoms with E-state index in [4.69, 9.17) is 0 Å². The summed E-state index contributed by atoms with van der Waals surface area (Å²) in [5.41, 5.74) is -1.08. The maximum Gasteiger partial charge on any atom is 0.208 e. The van der Waals surface area contributed by atoms with Gasteiger partial charge in [-0.05, 0) is 40.5 Å². The summed E-state index contributed by atoms with van der Waals surface area (Å²) >= 11 is 0. The van der Waals surface area contributed by atoms with Gasteiger partial charge in [0.1, 0.15) is 0 Å². The lowest BCUT2D eigenvalue weighted by molar-refractivity contribution is -0.289. The summed E-state index contributed by atoms with van der Waals surface area (Å²) in [6, 6.07) is -0.162. The quantitative estimate of drug-likeness (QED) is 0.790. The van der Waals surface area contributed by atoms with E-state index in [9.17, 15) is 13.6 Å². The molecule has 0 aliphatic carbocycles. The van der Waals surface area contributed by atoms with E-state index >= 15 is 0 Å². The highest BCUT2D eigenvalue weighted by Gasteiger charge is 2.46. The van der Waals surface area contributed by atoms with E-state index in [2.05, 4.69) is 4.72 Å². The van der Waals surface area contributed by atoms with Crippen molar-refractivity contribution in [2.75, 3.05) is 6.26 Å². The first-order valence-corrected chi connectivity index (χ1v) is 7.28. The molecule has 0 bridgehead atoms. The van der Waals surface area contributed by atoms with Crippen molar-refractivity contribution in [2.45, 2.75) is 57.7 Å². The first-order chi connectivity index (χ1) is 6.94. The van der Waals surface area contributed by atoms with Gasteiger partial charge in [-0.3, -0.25) is 0 Å². The van der Waals surface area contributed by atoms with E-state index < -0.39 is 21.1 Å². The van der Waals surface area contributed by atoms with Crippen LogP contribution in [0.2, 0.25) is 0 Å². The first kappa shape index (κ1) is 13.9. The van der Waals surface area contributed by atoms with Crippen molar-refractivity contribution >= 4 is 10.0 Å². The molecule has 5 nitrogen and oxygen atoms in total. The SMILES string of the molecule is CC1(C)CC(NS(C)(=O)=O)CC(C)(C)N1[O]. The average molecular weight is 249 g/mol. The smallest absolute Gasteiger partial charge is 0.208 e. The highest BCUT2D eigenvalue weighted by molar-refractivity contribution is 7.88. The minimum Gasteiger partial charge on any atom is -0.213 e. The third-order valence-electron chi connectivity index (χ3n) is 2.97. The lowest BCUT2D eigenvalue weighted by Gasteiger charge is -2.49. The summed E-state index contributed by atoms with van der Waals surface area (Å²) in [4.78, 5) is 0. The fourth-order valence-electron chi connectivity index (χ4n) is 2.65. The highest BCUT2D eigenvalue weighted by Crippen LogP contribution is 2.37. The molecule has 0 amide bonds. The van der Waals surface area contributed by atoms with Crippen LogP contribution in [0.15, 0.2) is 0 Å². The molecule has 0 atom stereocenters. The lowest BCUT2D eigenvalue weighted by atomic mass is 9.79. The molecule has 1 fully saturated rings. The summed E-state index contributed by atoms with van der Waals surface area (Å²) in [7, 11) is -3.21. The molecule has 1 aliphatic heterocycles. The number of nitrogens with zero attached hydrogens (tertiary/aromatic N) is 1. The van der Waals surface area contributed by atoms with Crippen LogP contribution in [0.5, 0.6) is 0 Å². The van der Waals surface area contributed by atoms with Crippen molar-refractivity contribution in [1.29, 1.82) is 0 Å². The van der Waals surface area contributed by atoms with E-state index in [0.29, 0.717) is 12.8 Å². The number of hydrogen-bond donors (Lipinski definition) is 1. The molecule has 0 unspecified atom stereocenters. The molecule has 0 aromatic rings. The monoisotopic (exact) mass is 249 g/mol. The molecular formula is C10H21N2O3S. The molecule has 1 N–H and O–H groups in total. The molecular weight excluding hydrogens is 228 g/mol. The van der Waals surface area contributed by atoms with Crippen molar-refractivity contribution in [3.63, 3.8) is 0 Å². The molecule has 1 heterocycles. The van der Waals surface area contributed by atoms with Gasteiger partial charge in [0.05, 0.1) is 6.26 Å². The van der Waals surface area contributed by atoms with Crippen molar-refractivity contribution in [2.24, 2.45) is 0 Å². The molecule has 1 saturated heterocycles. The van der Waals surface area contributed by atoms with Crippen molar-refractivity contribution in [3.05, 3.63) is 0 Å². The second kappa shape index (κ2) is 3.94. The van der Waals surface area contributed by atoms with Crippen LogP contribution in [0, 0.1) is 0 Å². The van der Waals surface area contributed by atoms with Crippen LogP contribution >= 0.6 is 0 Å². The van der Waals surface area contributed by atoms with Crippen LogP contribution in [0.1, 0.15) is 40.5 Å². The summed E-state index contributed by atoms with van der Waals surface area (Å²) in [6.07, 6.45) is 2.22. The van der Waals surface area contributed by atoms with Crippen LogP contribution in [-0.4, -0.2) is 36.9 Å². The van der Waals surface area contributed by atoms with Gasteiger partial charge in [-0.1, -0.05) is 0 Å². The highest BCUT2D eigenvalue weighted by atomic mass is 32.2. The summed E-state index contributed by atoms with van der Waals surface area (Å²) in [5, 5.41) is 13.1. The predicted octanol–water partition coefficient (Wildman–Crippen LogP) is 0.903. The van der Waals surface area contributed by atoms with Gasteiger partial charge in [-0.25, -0.2) is 13.1 Å². The minimum absolute atomic E-state index is 0.162. The van der Waals surface area contributed by atoms with E-state index in [1.807, 2.05) is 27.7 Å². The normalized spacial score (nSPS) is 26.9. The Labute approximate surface area is 97.8 Å². The lowest BCUT2D eigenvalue weighted by Crippen LogP contribution is -2.62. The topological polar surface area (TPSA) is 69.3 Å².